The Hall–Kier alpha value is -0.930. The van der Waals surface area contributed by atoms with E-state index in [4.69, 9.17) is 0 Å². The monoisotopic (exact) mass is 380 g/mol. The number of hydrogen-bond acceptors (Lipinski definition) is 1. The van der Waals surface area contributed by atoms with E-state index in [1.165, 1.54) is 0 Å². The minimum Gasteiger partial charge on any atom is -0.289 e. The Morgan fingerprint density at radius 3 is 2.53 bits per heavy atom. The average molecular weight is 382 g/mol. The minimum atomic E-state index is 0.0174. The average Bonchev–Trinajstić information content (AvgIpc) is 2.51. The number of halogens is 2. The van der Waals surface area contributed by atoms with Gasteiger partial charge in [-0.25, -0.2) is 0 Å². The number of rotatable bonds is 2. The number of carbonyl (C=O) groups is 1. The molecule has 0 heterocycles. The summed E-state index contributed by atoms with van der Waals surface area (Å²) in [5.41, 5.74) is 3.38. The van der Waals surface area contributed by atoms with E-state index in [0.717, 1.165) is 16.7 Å². The third kappa shape index (κ3) is 2.54. The summed E-state index contributed by atoms with van der Waals surface area (Å²) in [5, 5.41) is 0. The van der Waals surface area contributed by atoms with E-state index in [0.29, 0.717) is 5.57 Å². The lowest BCUT2D eigenvalue weighted by atomic mass is 9.98. The van der Waals surface area contributed by atoms with Crippen molar-refractivity contribution in [1.29, 1.82) is 0 Å². The topological polar surface area (TPSA) is 17.1 Å². The van der Waals surface area contributed by atoms with E-state index in [9.17, 15) is 4.79 Å². The standard InChI is InChI=1S/C16H14Br2O/c1-3-7-12-10(4-2)14(17)15(18)11-8-5-6-9-13(11)16(12)19/h3-9,14-15H,2H2,1H3/b7-3-/t14-,15?/m1/s1. The van der Waals surface area contributed by atoms with Crippen molar-refractivity contribution in [3.63, 3.8) is 0 Å². The molecule has 0 aromatic heterocycles. The maximum absolute atomic E-state index is 12.7. The summed E-state index contributed by atoms with van der Waals surface area (Å²) in [7, 11) is 0. The van der Waals surface area contributed by atoms with Gasteiger partial charge in [-0.2, -0.15) is 0 Å². The van der Waals surface area contributed by atoms with Gasteiger partial charge in [-0.1, -0.05) is 80.9 Å². The fourth-order valence-electron chi connectivity index (χ4n) is 2.25. The zero-order chi connectivity index (χ0) is 14.0. The Kier molecular flexibility index (Phi) is 4.58. The van der Waals surface area contributed by atoms with Crippen molar-refractivity contribution in [3.05, 3.63) is 71.3 Å². The van der Waals surface area contributed by atoms with E-state index >= 15 is 0 Å². The molecule has 1 aromatic carbocycles. The molecule has 0 saturated carbocycles. The smallest absolute Gasteiger partial charge is 0.193 e. The van der Waals surface area contributed by atoms with Crippen molar-refractivity contribution in [1.82, 2.24) is 0 Å². The van der Waals surface area contributed by atoms with Gasteiger partial charge in [0, 0.05) is 11.1 Å². The van der Waals surface area contributed by atoms with Crippen LogP contribution in [0.4, 0.5) is 0 Å². The SMILES string of the molecule is C=CC1=C(/C=C\C)C(=O)c2ccccc2C(Br)[C@@H]1Br. The summed E-state index contributed by atoms with van der Waals surface area (Å²) in [6.07, 6.45) is 5.50. The fourth-order valence-corrected chi connectivity index (χ4v) is 3.65. The second-order valence-corrected chi connectivity index (χ2v) is 6.27. The number of hydrogen-bond donors (Lipinski definition) is 0. The first-order valence-electron chi connectivity index (χ1n) is 6.02. The summed E-state index contributed by atoms with van der Waals surface area (Å²) >= 11 is 7.36. The molecule has 1 unspecified atom stereocenters. The molecule has 2 atom stereocenters. The van der Waals surface area contributed by atoms with E-state index in [-0.39, 0.29) is 15.4 Å². The third-order valence-electron chi connectivity index (χ3n) is 3.17. The van der Waals surface area contributed by atoms with Gasteiger partial charge >= 0.3 is 0 Å². The second kappa shape index (κ2) is 6.02. The van der Waals surface area contributed by atoms with E-state index in [1.807, 2.05) is 43.3 Å². The van der Waals surface area contributed by atoms with E-state index in [1.54, 1.807) is 6.08 Å². The third-order valence-corrected chi connectivity index (χ3v) is 5.92. The predicted molar refractivity (Wildman–Crippen MR) is 87.2 cm³/mol. The number of Topliss-reactive ketones (excluding diaryl/α,β-unsaturated/α-hetero) is 1. The molecule has 0 aliphatic heterocycles. The lowest BCUT2D eigenvalue weighted by Crippen LogP contribution is -2.08. The largest absolute Gasteiger partial charge is 0.289 e. The van der Waals surface area contributed by atoms with Gasteiger partial charge in [0.25, 0.3) is 0 Å². The summed E-state index contributed by atoms with van der Waals surface area (Å²) in [4.78, 5) is 12.8. The summed E-state index contributed by atoms with van der Waals surface area (Å²) in [6, 6.07) is 7.71. The molecule has 0 bridgehead atoms. The molecule has 0 N–H and O–H groups in total. The van der Waals surface area contributed by atoms with Gasteiger partial charge in [-0.3, -0.25) is 4.79 Å². The molecule has 0 amide bonds. The Morgan fingerprint density at radius 1 is 1.21 bits per heavy atom. The maximum atomic E-state index is 12.7. The number of allylic oxidation sites excluding steroid dienone is 5. The van der Waals surface area contributed by atoms with Crippen LogP contribution in [0.1, 0.15) is 27.7 Å². The van der Waals surface area contributed by atoms with Gasteiger partial charge in [0.05, 0.1) is 9.65 Å². The highest BCUT2D eigenvalue weighted by molar-refractivity contribution is 9.12. The molecule has 1 aliphatic carbocycles. The van der Waals surface area contributed by atoms with E-state index < -0.39 is 0 Å². The first-order valence-corrected chi connectivity index (χ1v) is 7.86. The molecule has 19 heavy (non-hydrogen) atoms. The Morgan fingerprint density at radius 2 is 1.89 bits per heavy atom. The lowest BCUT2D eigenvalue weighted by Gasteiger charge is -2.17. The lowest BCUT2D eigenvalue weighted by molar-refractivity contribution is 0.103. The number of fused-ring (bicyclic) bond motifs is 1. The zero-order valence-corrected chi connectivity index (χ0v) is 13.7. The first kappa shape index (κ1) is 14.5. The van der Waals surface area contributed by atoms with E-state index in [2.05, 4.69) is 38.4 Å². The minimum absolute atomic E-state index is 0.0174. The molecule has 0 fully saturated rings. The van der Waals surface area contributed by atoms with Crippen LogP contribution in [0.5, 0.6) is 0 Å². The van der Waals surface area contributed by atoms with Gasteiger partial charge in [0.1, 0.15) is 0 Å². The molecule has 2 rings (SSSR count). The van der Waals surface area contributed by atoms with Crippen LogP contribution in [0.15, 0.2) is 60.2 Å². The van der Waals surface area contributed by atoms with Crippen molar-refractivity contribution in [2.45, 2.75) is 16.6 Å². The Bertz CT molecular complexity index is 584. The van der Waals surface area contributed by atoms with Crippen LogP contribution in [0.3, 0.4) is 0 Å². The molecule has 0 radical (unpaired) electrons. The van der Waals surface area contributed by atoms with Gasteiger partial charge in [0.15, 0.2) is 5.78 Å². The Labute approximate surface area is 130 Å². The molecule has 3 heteroatoms. The number of alkyl halides is 2. The van der Waals surface area contributed by atoms with Crippen molar-refractivity contribution in [2.75, 3.05) is 0 Å². The van der Waals surface area contributed by atoms with Crippen LogP contribution in [-0.4, -0.2) is 10.6 Å². The van der Waals surface area contributed by atoms with Gasteiger partial charge in [-0.15, -0.1) is 0 Å². The molecule has 1 aromatic rings. The highest BCUT2D eigenvalue weighted by Gasteiger charge is 2.31. The molecular weight excluding hydrogens is 368 g/mol. The van der Waals surface area contributed by atoms with Crippen LogP contribution in [0.25, 0.3) is 0 Å². The number of carbonyl (C=O) groups excluding carboxylic acids is 1. The van der Waals surface area contributed by atoms with Crippen LogP contribution in [0, 0.1) is 0 Å². The molecule has 1 aliphatic rings. The molecular formula is C16H14Br2O. The predicted octanol–water partition coefficient (Wildman–Crippen LogP) is 5.14. The molecule has 0 saturated heterocycles. The quantitative estimate of drug-likeness (QED) is 0.648. The first-order chi connectivity index (χ1) is 9.11. The van der Waals surface area contributed by atoms with Crippen LogP contribution < -0.4 is 0 Å². The molecule has 98 valence electrons. The van der Waals surface area contributed by atoms with Crippen molar-refractivity contribution in [3.8, 4) is 0 Å². The fraction of sp³-hybridized carbons (Fsp3) is 0.188. The van der Waals surface area contributed by atoms with Crippen LogP contribution in [0.2, 0.25) is 0 Å². The Balaban J connectivity index is 2.74. The maximum Gasteiger partial charge on any atom is 0.193 e. The van der Waals surface area contributed by atoms with Gasteiger partial charge in [-0.05, 0) is 18.1 Å². The van der Waals surface area contributed by atoms with Crippen LogP contribution >= 0.6 is 31.9 Å². The summed E-state index contributed by atoms with van der Waals surface area (Å²) in [5.74, 6) is 0.0509. The molecule has 0 spiro atoms. The summed E-state index contributed by atoms with van der Waals surface area (Å²) < 4.78 is 0. The highest BCUT2D eigenvalue weighted by atomic mass is 79.9. The van der Waals surface area contributed by atoms with Crippen molar-refractivity contribution < 1.29 is 4.79 Å². The van der Waals surface area contributed by atoms with Crippen molar-refractivity contribution >= 4 is 37.6 Å². The van der Waals surface area contributed by atoms with Gasteiger partial charge < -0.3 is 0 Å². The highest BCUT2D eigenvalue weighted by Crippen LogP contribution is 2.42. The van der Waals surface area contributed by atoms with Crippen LogP contribution in [-0.2, 0) is 0 Å². The molecule has 1 nitrogen and oxygen atoms in total. The summed E-state index contributed by atoms with van der Waals surface area (Å²) in [6.45, 7) is 5.76. The van der Waals surface area contributed by atoms with Crippen molar-refractivity contribution in [2.24, 2.45) is 0 Å². The zero-order valence-electron chi connectivity index (χ0n) is 10.6. The number of ketones is 1. The van der Waals surface area contributed by atoms with Gasteiger partial charge in [0.2, 0.25) is 0 Å². The second-order valence-electron chi connectivity index (χ2n) is 4.29. The number of benzene rings is 1. The normalized spacial score (nSPS) is 23.4.